The van der Waals surface area contributed by atoms with Gasteiger partial charge in [-0.1, -0.05) is 34.1 Å². The second kappa shape index (κ2) is 8.33. The third-order valence-corrected chi connectivity index (χ3v) is 5.72. The average Bonchev–Trinajstić information content (AvgIpc) is 3.18. The van der Waals surface area contributed by atoms with E-state index < -0.39 is 0 Å². The number of ether oxygens (including phenoxy) is 1. The predicted octanol–water partition coefficient (Wildman–Crippen LogP) is 4.07. The van der Waals surface area contributed by atoms with E-state index in [0.29, 0.717) is 0 Å². The van der Waals surface area contributed by atoms with Gasteiger partial charge in [-0.3, -0.25) is 10.1 Å². The number of aromatic nitrogens is 3. The van der Waals surface area contributed by atoms with Gasteiger partial charge in [0.25, 0.3) is 0 Å². The molecule has 0 atom stereocenters. The molecule has 2 N–H and O–H groups in total. The molecule has 0 unspecified atom stereocenters. The number of halogens is 1. The summed E-state index contributed by atoms with van der Waals surface area (Å²) in [5.74, 6) is 0. The molecular weight excluding hydrogens is 404 g/mol. The Morgan fingerprint density at radius 3 is 2.74 bits per heavy atom. The van der Waals surface area contributed by atoms with Crippen LogP contribution in [0, 0.1) is 0 Å². The van der Waals surface area contributed by atoms with Crippen LogP contribution in [0.5, 0.6) is 0 Å². The summed E-state index contributed by atoms with van der Waals surface area (Å²) < 4.78 is 6.76. The van der Waals surface area contributed by atoms with E-state index in [4.69, 9.17) is 4.74 Å². The Morgan fingerprint density at radius 1 is 1.07 bits per heavy atom. The molecule has 1 aliphatic heterocycles. The van der Waals surface area contributed by atoms with Gasteiger partial charge >= 0.3 is 0 Å². The maximum atomic E-state index is 5.63. The van der Waals surface area contributed by atoms with Crippen LogP contribution < -0.4 is 5.32 Å². The molecule has 1 saturated heterocycles. The summed E-state index contributed by atoms with van der Waals surface area (Å²) in [5.41, 5.74) is 4.29. The molecule has 1 fully saturated rings. The smallest absolute Gasteiger partial charge is 0.111 e. The number of nitrogens with zero attached hydrogens (tertiary/aromatic N) is 2. The van der Waals surface area contributed by atoms with Gasteiger partial charge in [-0.2, -0.15) is 5.10 Å². The van der Waals surface area contributed by atoms with E-state index in [2.05, 4.69) is 66.8 Å². The minimum atomic E-state index is 0.103. The molecule has 0 amide bonds. The van der Waals surface area contributed by atoms with Crippen LogP contribution in [0.3, 0.4) is 0 Å². The van der Waals surface area contributed by atoms with Crippen LogP contribution in [-0.4, -0.2) is 34.9 Å². The molecular formula is C21H23BrN4O. The van der Waals surface area contributed by atoms with Crippen molar-refractivity contribution in [3.05, 3.63) is 70.5 Å². The van der Waals surface area contributed by atoms with Crippen LogP contribution >= 0.6 is 15.9 Å². The lowest BCUT2D eigenvalue weighted by Crippen LogP contribution is -2.42. The molecule has 3 heterocycles. The van der Waals surface area contributed by atoms with Crippen molar-refractivity contribution in [2.24, 2.45) is 0 Å². The number of hydrogen-bond donors (Lipinski definition) is 2. The van der Waals surface area contributed by atoms with E-state index in [1.165, 1.54) is 5.56 Å². The molecule has 140 valence electrons. The lowest BCUT2D eigenvalue weighted by Gasteiger charge is -2.38. The minimum Gasteiger partial charge on any atom is -0.381 e. The normalized spacial score (nSPS) is 16.3. The zero-order chi connectivity index (χ0) is 18.5. The van der Waals surface area contributed by atoms with Crippen LogP contribution in [0.15, 0.2) is 59.2 Å². The van der Waals surface area contributed by atoms with Crippen LogP contribution in [0.4, 0.5) is 0 Å². The van der Waals surface area contributed by atoms with Crippen molar-refractivity contribution >= 4 is 15.9 Å². The van der Waals surface area contributed by atoms with Gasteiger partial charge in [0, 0.05) is 48.1 Å². The second-order valence-corrected chi connectivity index (χ2v) is 7.92. The molecule has 5 nitrogen and oxygen atoms in total. The molecule has 4 rings (SSSR count). The first-order valence-electron chi connectivity index (χ1n) is 9.25. The van der Waals surface area contributed by atoms with Gasteiger partial charge in [0.1, 0.15) is 5.69 Å². The van der Waals surface area contributed by atoms with Crippen LogP contribution in [0.25, 0.3) is 11.4 Å². The molecule has 27 heavy (non-hydrogen) atoms. The summed E-state index contributed by atoms with van der Waals surface area (Å²) in [6.45, 7) is 3.27. The van der Waals surface area contributed by atoms with Crippen LogP contribution in [0.2, 0.25) is 0 Å². The maximum Gasteiger partial charge on any atom is 0.111 e. The van der Waals surface area contributed by atoms with Crippen molar-refractivity contribution in [2.45, 2.75) is 24.8 Å². The second-order valence-electron chi connectivity index (χ2n) is 7.00. The van der Waals surface area contributed by atoms with Gasteiger partial charge in [-0.15, -0.1) is 0 Å². The fourth-order valence-electron chi connectivity index (χ4n) is 3.68. The molecule has 3 aromatic rings. The number of aromatic amines is 1. The zero-order valence-corrected chi connectivity index (χ0v) is 16.7. The van der Waals surface area contributed by atoms with Crippen LogP contribution in [0.1, 0.15) is 24.1 Å². The highest BCUT2D eigenvalue weighted by molar-refractivity contribution is 9.10. The highest BCUT2D eigenvalue weighted by Crippen LogP contribution is 2.35. The van der Waals surface area contributed by atoms with Crippen molar-refractivity contribution in [1.29, 1.82) is 0 Å². The third kappa shape index (κ3) is 4.29. The SMILES string of the molecule is Brc1cccc(C2(CNCc3cc(-c4ccccn4)n[nH]3)CCOCC2)c1. The summed E-state index contributed by atoms with van der Waals surface area (Å²) in [5, 5.41) is 11.1. The minimum absolute atomic E-state index is 0.103. The lowest BCUT2D eigenvalue weighted by atomic mass is 9.74. The Morgan fingerprint density at radius 2 is 1.96 bits per heavy atom. The van der Waals surface area contributed by atoms with Gasteiger partial charge in [-0.05, 0) is 48.7 Å². The Labute approximate surface area is 167 Å². The molecule has 6 heteroatoms. The lowest BCUT2D eigenvalue weighted by molar-refractivity contribution is 0.0497. The van der Waals surface area contributed by atoms with Gasteiger partial charge in [0.2, 0.25) is 0 Å². The van der Waals surface area contributed by atoms with Crippen molar-refractivity contribution in [3.63, 3.8) is 0 Å². The molecule has 0 radical (unpaired) electrons. The van der Waals surface area contributed by atoms with E-state index in [0.717, 1.165) is 60.7 Å². The first-order valence-corrected chi connectivity index (χ1v) is 10.0. The quantitative estimate of drug-likeness (QED) is 0.623. The van der Waals surface area contributed by atoms with Gasteiger partial charge in [0.05, 0.1) is 5.69 Å². The van der Waals surface area contributed by atoms with Gasteiger partial charge in [0.15, 0.2) is 0 Å². The summed E-state index contributed by atoms with van der Waals surface area (Å²) in [4.78, 5) is 4.35. The highest BCUT2D eigenvalue weighted by atomic mass is 79.9. The summed E-state index contributed by atoms with van der Waals surface area (Å²) in [7, 11) is 0. The third-order valence-electron chi connectivity index (χ3n) is 5.22. The first kappa shape index (κ1) is 18.3. The molecule has 0 aliphatic carbocycles. The Hall–Kier alpha value is -2.02. The largest absolute Gasteiger partial charge is 0.381 e. The van der Waals surface area contributed by atoms with Crippen molar-refractivity contribution in [2.75, 3.05) is 19.8 Å². The number of rotatable bonds is 6. The van der Waals surface area contributed by atoms with Crippen molar-refractivity contribution in [1.82, 2.24) is 20.5 Å². The fraction of sp³-hybridized carbons (Fsp3) is 0.333. The van der Waals surface area contributed by atoms with Crippen LogP contribution in [-0.2, 0) is 16.7 Å². The average molecular weight is 427 g/mol. The van der Waals surface area contributed by atoms with E-state index in [1.54, 1.807) is 6.20 Å². The maximum absolute atomic E-state index is 5.63. The summed E-state index contributed by atoms with van der Waals surface area (Å²) in [6.07, 6.45) is 3.84. The summed E-state index contributed by atoms with van der Waals surface area (Å²) >= 11 is 3.61. The van der Waals surface area contributed by atoms with Crippen molar-refractivity contribution < 1.29 is 4.74 Å². The topological polar surface area (TPSA) is 62.8 Å². The van der Waals surface area contributed by atoms with E-state index >= 15 is 0 Å². The molecule has 0 bridgehead atoms. The zero-order valence-electron chi connectivity index (χ0n) is 15.1. The highest BCUT2D eigenvalue weighted by Gasteiger charge is 2.34. The van der Waals surface area contributed by atoms with Gasteiger partial charge in [-0.25, -0.2) is 0 Å². The standard InChI is InChI=1S/C21H23BrN4O/c22-17-5-3-4-16(12-17)21(7-10-27-11-8-21)15-23-14-18-13-20(26-25-18)19-6-1-2-9-24-19/h1-6,9,12-13,23H,7-8,10-11,14-15H2,(H,25,26). The first-order chi connectivity index (χ1) is 13.3. The number of nitrogens with one attached hydrogen (secondary N) is 2. The number of benzene rings is 1. The summed E-state index contributed by atoms with van der Waals surface area (Å²) in [6, 6.07) is 16.6. The number of H-pyrrole nitrogens is 1. The van der Waals surface area contributed by atoms with E-state index in [9.17, 15) is 0 Å². The monoisotopic (exact) mass is 426 g/mol. The number of pyridine rings is 1. The molecule has 1 aliphatic rings. The Bertz CT molecular complexity index is 875. The fourth-order valence-corrected chi connectivity index (χ4v) is 4.08. The molecule has 2 aromatic heterocycles. The van der Waals surface area contributed by atoms with E-state index in [1.807, 2.05) is 18.2 Å². The van der Waals surface area contributed by atoms with E-state index in [-0.39, 0.29) is 5.41 Å². The predicted molar refractivity (Wildman–Crippen MR) is 109 cm³/mol. The Kier molecular flexibility index (Phi) is 5.66. The van der Waals surface area contributed by atoms with Gasteiger partial charge < -0.3 is 10.1 Å². The Balaban J connectivity index is 1.44. The molecule has 1 aromatic carbocycles. The number of hydrogen-bond acceptors (Lipinski definition) is 4. The molecule has 0 spiro atoms. The van der Waals surface area contributed by atoms with Crippen molar-refractivity contribution in [3.8, 4) is 11.4 Å². The molecule has 0 saturated carbocycles.